The minimum Gasteiger partial charge on any atom is -0.493 e. The number of methoxy groups -OCH3 is 1. The topological polar surface area (TPSA) is 50.8 Å². The molecule has 0 unspecified atom stereocenters. The van der Waals surface area contributed by atoms with Crippen LogP contribution in [0, 0.1) is 5.92 Å². The molecule has 5 rings (SSSR count). The summed E-state index contributed by atoms with van der Waals surface area (Å²) in [6.45, 7) is 3.39. The molecule has 0 bridgehead atoms. The highest BCUT2D eigenvalue weighted by molar-refractivity contribution is 6.30. The number of hydrogen-bond donors (Lipinski definition) is 1. The van der Waals surface area contributed by atoms with Crippen LogP contribution in [0.1, 0.15) is 42.7 Å². The highest BCUT2D eigenvalue weighted by Gasteiger charge is 2.40. The van der Waals surface area contributed by atoms with E-state index in [0.29, 0.717) is 37.4 Å². The van der Waals surface area contributed by atoms with Gasteiger partial charge in [0.25, 0.3) is 0 Å². The summed E-state index contributed by atoms with van der Waals surface area (Å²) in [4.78, 5) is 16.2. The van der Waals surface area contributed by atoms with E-state index in [2.05, 4.69) is 58.7 Å². The first kappa shape index (κ1) is 26.7. The molecule has 1 saturated carbocycles. The largest absolute Gasteiger partial charge is 0.493 e. The molecular formula is C32H37ClN2O3. The fourth-order valence-electron chi connectivity index (χ4n) is 5.47. The summed E-state index contributed by atoms with van der Waals surface area (Å²) in [6.07, 6.45) is 3.87. The number of rotatable bonds is 11. The van der Waals surface area contributed by atoms with Crippen molar-refractivity contribution in [1.82, 2.24) is 10.2 Å². The molecule has 0 radical (unpaired) electrons. The van der Waals surface area contributed by atoms with Gasteiger partial charge < -0.3 is 19.7 Å². The molecule has 0 spiro atoms. The normalized spacial score (nSPS) is 19.2. The lowest BCUT2D eigenvalue weighted by Crippen LogP contribution is -2.47. The molecule has 1 aliphatic carbocycles. The maximum Gasteiger partial charge on any atom is 0.228 e. The molecule has 200 valence electrons. The number of hydrogen-bond acceptors (Lipinski definition) is 4. The first-order valence-electron chi connectivity index (χ1n) is 13.7. The lowest BCUT2D eigenvalue weighted by molar-refractivity contribution is -0.138. The van der Waals surface area contributed by atoms with E-state index in [-0.39, 0.29) is 17.7 Å². The van der Waals surface area contributed by atoms with Gasteiger partial charge in [-0.25, -0.2) is 0 Å². The highest BCUT2D eigenvalue weighted by Crippen LogP contribution is 2.37. The van der Waals surface area contributed by atoms with Gasteiger partial charge in [-0.05, 0) is 72.2 Å². The Morgan fingerprint density at radius 2 is 1.79 bits per heavy atom. The van der Waals surface area contributed by atoms with Gasteiger partial charge in [-0.1, -0.05) is 66.2 Å². The van der Waals surface area contributed by atoms with Crippen LogP contribution in [-0.2, 0) is 16.1 Å². The number of halogens is 1. The molecule has 1 amide bonds. The van der Waals surface area contributed by atoms with E-state index in [1.165, 1.54) is 16.7 Å². The van der Waals surface area contributed by atoms with Crippen molar-refractivity contribution >= 4 is 17.5 Å². The second-order valence-corrected chi connectivity index (χ2v) is 10.8. The molecule has 3 aromatic rings. The Hall–Kier alpha value is -2.86. The third-order valence-electron chi connectivity index (χ3n) is 7.54. The second-order valence-electron chi connectivity index (χ2n) is 10.4. The van der Waals surface area contributed by atoms with Gasteiger partial charge in [0.2, 0.25) is 5.91 Å². The molecule has 1 saturated heterocycles. The molecule has 1 heterocycles. The molecule has 2 atom stereocenters. The quantitative estimate of drug-likeness (QED) is 0.294. The molecule has 6 heteroatoms. The number of nitrogens with one attached hydrogen (secondary N) is 1. The van der Waals surface area contributed by atoms with Crippen molar-refractivity contribution in [3.05, 3.63) is 88.9 Å². The van der Waals surface area contributed by atoms with Crippen LogP contribution in [0.2, 0.25) is 5.02 Å². The zero-order valence-corrected chi connectivity index (χ0v) is 22.8. The summed E-state index contributed by atoms with van der Waals surface area (Å²) >= 11 is 6.45. The van der Waals surface area contributed by atoms with Crippen molar-refractivity contribution < 1.29 is 14.3 Å². The van der Waals surface area contributed by atoms with Gasteiger partial charge in [0.15, 0.2) is 0 Å². The van der Waals surface area contributed by atoms with Crippen molar-refractivity contribution in [3.8, 4) is 16.9 Å². The summed E-state index contributed by atoms with van der Waals surface area (Å²) in [5.74, 6) is 1.06. The monoisotopic (exact) mass is 532 g/mol. The van der Waals surface area contributed by atoms with Crippen LogP contribution >= 0.6 is 11.6 Å². The predicted octanol–water partition coefficient (Wildman–Crippen LogP) is 6.31. The lowest BCUT2D eigenvalue weighted by Gasteiger charge is -2.36. The highest BCUT2D eigenvalue weighted by atomic mass is 35.5. The smallest absolute Gasteiger partial charge is 0.228 e. The summed E-state index contributed by atoms with van der Waals surface area (Å²) in [5.41, 5.74) is 4.65. The average Bonchev–Trinajstić information content (AvgIpc) is 3.80. The third-order valence-corrected chi connectivity index (χ3v) is 7.76. The Morgan fingerprint density at radius 1 is 0.974 bits per heavy atom. The van der Waals surface area contributed by atoms with Crippen LogP contribution in [0.25, 0.3) is 11.1 Å². The maximum atomic E-state index is 14.1. The van der Waals surface area contributed by atoms with Crippen LogP contribution in [-0.4, -0.2) is 50.3 Å². The second kappa shape index (κ2) is 12.8. The molecule has 2 fully saturated rings. The maximum absolute atomic E-state index is 14.1. The number of carbonyl (C=O) groups excluding carboxylic acids is 1. The summed E-state index contributed by atoms with van der Waals surface area (Å²) < 4.78 is 11.0. The summed E-state index contributed by atoms with van der Waals surface area (Å²) in [5, 5.41) is 4.12. The number of benzene rings is 3. The Morgan fingerprint density at radius 3 is 2.58 bits per heavy atom. The van der Waals surface area contributed by atoms with E-state index in [1.807, 2.05) is 24.3 Å². The fourth-order valence-corrected chi connectivity index (χ4v) is 5.72. The van der Waals surface area contributed by atoms with Crippen LogP contribution in [0.15, 0.2) is 72.8 Å². The van der Waals surface area contributed by atoms with Crippen molar-refractivity contribution in [2.45, 2.75) is 44.2 Å². The Kier molecular flexibility index (Phi) is 9.00. The number of amides is 1. The summed E-state index contributed by atoms with van der Waals surface area (Å²) in [6, 6.07) is 25.3. The van der Waals surface area contributed by atoms with Gasteiger partial charge in [-0.15, -0.1) is 0 Å². The zero-order valence-electron chi connectivity index (χ0n) is 22.1. The molecule has 38 heavy (non-hydrogen) atoms. The standard InChI is InChI=1S/C32H37ClN2O3/c1-37-15-6-16-38-29-18-23(17-27(33)20-29)22-35(28-11-12-28)32(36)31-21-34-14-13-30(31)26-10-5-9-25(19-26)24-7-3-2-4-8-24/h2-5,7-10,17-20,28,30-31,34H,6,11-16,21-22H2,1H3/t30-,31+/m1/s1. The number of piperidine rings is 1. The third kappa shape index (κ3) is 6.76. The van der Waals surface area contributed by atoms with Gasteiger partial charge >= 0.3 is 0 Å². The van der Waals surface area contributed by atoms with Crippen LogP contribution in [0.5, 0.6) is 5.75 Å². The van der Waals surface area contributed by atoms with Crippen LogP contribution in [0.4, 0.5) is 0 Å². The molecular weight excluding hydrogens is 496 g/mol. The number of nitrogens with zero attached hydrogens (tertiary/aromatic N) is 1. The first-order chi connectivity index (χ1) is 18.6. The number of ether oxygens (including phenoxy) is 2. The molecule has 3 aromatic carbocycles. The van der Waals surface area contributed by atoms with Crippen molar-refractivity contribution in [1.29, 1.82) is 0 Å². The van der Waals surface area contributed by atoms with E-state index in [0.717, 1.165) is 43.5 Å². The SMILES string of the molecule is COCCCOc1cc(Cl)cc(CN(C(=O)[C@H]2CNCC[C@@H]2c2cccc(-c3ccccc3)c2)C2CC2)c1. The Balaban J connectivity index is 1.34. The average molecular weight is 533 g/mol. The predicted molar refractivity (Wildman–Crippen MR) is 153 cm³/mol. The molecule has 5 nitrogen and oxygen atoms in total. The van der Waals surface area contributed by atoms with Gasteiger partial charge in [0.05, 0.1) is 12.5 Å². The van der Waals surface area contributed by atoms with Crippen LogP contribution < -0.4 is 10.1 Å². The van der Waals surface area contributed by atoms with Crippen LogP contribution in [0.3, 0.4) is 0 Å². The van der Waals surface area contributed by atoms with Gasteiger partial charge in [-0.2, -0.15) is 0 Å². The molecule has 1 aliphatic heterocycles. The number of carbonyl (C=O) groups is 1. The van der Waals surface area contributed by atoms with E-state index >= 15 is 0 Å². The molecule has 0 aromatic heterocycles. The van der Waals surface area contributed by atoms with Gasteiger partial charge in [0, 0.05) is 44.3 Å². The van der Waals surface area contributed by atoms with E-state index in [1.54, 1.807) is 7.11 Å². The lowest BCUT2D eigenvalue weighted by atomic mass is 9.79. The Bertz CT molecular complexity index is 1210. The van der Waals surface area contributed by atoms with Gasteiger partial charge in [-0.3, -0.25) is 4.79 Å². The van der Waals surface area contributed by atoms with E-state index in [4.69, 9.17) is 21.1 Å². The molecule has 2 aliphatic rings. The van der Waals surface area contributed by atoms with Crippen molar-refractivity contribution in [3.63, 3.8) is 0 Å². The van der Waals surface area contributed by atoms with E-state index in [9.17, 15) is 4.79 Å². The first-order valence-corrected chi connectivity index (χ1v) is 14.1. The minimum atomic E-state index is -0.0979. The van der Waals surface area contributed by atoms with Gasteiger partial charge in [0.1, 0.15) is 5.75 Å². The van der Waals surface area contributed by atoms with E-state index < -0.39 is 0 Å². The zero-order chi connectivity index (χ0) is 26.3. The van der Waals surface area contributed by atoms with Crippen molar-refractivity contribution in [2.24, 2.45) is 5.92 Å². The fraction of sp³-hybridized carbons (Fsp3) is 0.406. The van der Waals surface area contributed by atoms with Crippen molar-refractivity contribution in [2.75, 3.05) is 33.4 Å². The minimum absolute atomic E-state index is 0.0979. The molecule has 1 N–H and O–H groups in total. The summed E-state index contributed by atoms with van der Waals surface area (Å²) in [7, 11) is 1.69. The Labute approximate surface area is 231 Å².